The van der Waals surface area contributed by atoms with Crippen LogP contribution in [0.1, 0.15) is 24.9 Å². The molecule has 180 valence electrons. The Hall–Kier alpha value is -3.74. The number of benzene rings is 3. The molecule has 36 heavy (non-hydrogen) atoms. The van der Waals surface area contributed by atoms with E-state index in [9.17, 15) is 9.59 Å². The number of hydrogen-bond acceptors (Lipinski definition) is 4. The van der Waals surface area contributed by atoms with E-state index < -0.39 is 6.04 Å². The molecule has 2 aromatic heterocycles. The molecule has 0 aliphatic heterocycles. The quantitative estimate of drug-likeness (QED) is 0.258. The van der Waals surface area contributed by atoms with Crippen LogP contribution in [-0.2, 0) is 4.79 Å². The van der Waals surface area contributed by atoms with Crippen molar-refractivity contribution in [3.63, 3.8) is 0 Å². The Kier molecular flexibility index (Phi) is 6.72. The van der Waals surface area contributed by atoms with E-state index in [1.54, 1.807) is 12.1 Å². The molecule has 7 heteroatoms. The third-order valence-corrected chi connectivity index (χ3v) is 7.43. The van der Waals surface area contributed by atoms with E-state index >= 15 is 0 Å². The fourth-order valence-corrected chi connectivity index (χ4v) is 5.38. The molecule has 2 heterocycles. The summed E-state index contributed by atoms with van der Waals surface area (Å²) in [7, 11) is 0. The highest BCUT2D eigenvalue weighted by atomic mass is 35.5. The summed E-state index contributed by atoms with van der Waals surface area (Å²) >= 11 is 7.54. The number of fused-ring (bicyclic) bond motifs is 1. The van der Waals surface area contributed by atoms with Crippen LogP contribution in [0.5, 0.6) is 0 Å². The Bertz CT molecular complexity index is 1610. The van der Waals surface area contributed by atoms with Gasteiger partial charge in [-0.3, -0.25) is 14.2 Å². The van der Waals surface area contributed by atoms with Gasteiger partial charge in [0.15, 0.2) is 0 Å². The van der Waals surface area contributed by atoms with Crippen LogP contribution in [0.2, 0.25) is 5.02 Å². The Morgan fingerprint density at radius 3 is 2.44 bits per heavy atom. The summed E-state index contributed by atoms with van der Waals surface area (Å²) in [5.41, 5.74) is 5.29. The third kappa shape index (κ3) is 4.57. The summed E-state index contributed by atoms with van der Waals surface area (Å²) in [6.07, 6.45) is 1.91. The van der Waals surface area contributed by atoms with Crippen LogP contribution < -0.4 is 10.9 Å². The van der Waals surface area contributed by atoms with Gasteiger partial charge in [-0.05, 0) is 47.7 Å². The van der Waals surface area contributed by atoms with Gasteiger partial charge >= 0.3 is 0 Å². The second-order valence-electron chi connectivity index (χ2n) is 8.60. The Morgan fingerprint density at radius 2 is 1.72 bits per heavy atom. The fraction of sp³-hybridized carbons (Fsp3) is 0.138. The number of carbonyl (C=O) groups excluding carboxylic acids is 1. The van der Waals surface area contributed by atoms with E-state index in [0.717, 1.165) is 27.8 Å². The summed E-state index contributed by atoms with van der Waals surface area (Å²) in [6, 6.07) is 22.9. The molecule has 0 spiro atoms. The highest BCUT2D eigenvalue weighted by Gasteiger charge is 2.23. The number of halogens is 1. The van der Waals surface area contributed by atoms with Crippen LogP contribution in [0, 0.1) is 6.92 Å². The van der Waals surface area contributed by atoms with E-state index in [4.69, 9.17) is 11.6 Å². The summed E-state index contributed by atoms with van der Waals surface area (Å²) < 4.78 is 1.44. The normalized spacial score (nSPS) is 12.0. The molecule has 5 rings (SSSR count). The minimum Gasteiger partial charge on any atom is -0.324 e. The monoisotopic (exact) mass is 513 g/mol. The van der Waals surface area contributed by atoms with Gasteiger partial charge in [-0.15, -0.1) is 11.3 Å². The van der Waals surface area contributed by atoms with Crippen molar-refractivity contribution in [2.24, 2.45) is 0 Å². The highest BCUT2D eigenvalue weighted by molar-refractivity contribution is 7.17. The van der Waals surface area contributed by atoms with Crippen molar-refractivity contribution in [2.45, 2.75) is 26.3 Å². The lowest BCUT2D eigenvalue weighted by molar-refractivity contribution is -0.119. The average Bonchev–Trinajstić information content (AvgIpc) is 3.34. The third-order valence-electron chi connectivity index (χ3n) is 6.31. The maximum atomic E-state index is 13.7. The number of nitrogens with one attached hydrogen (secondary N) is 1. The zero-order valence-corrected chi connectivity index (χ0v) is 21.4. The molecule has 0 saturated carbocycles. The van der Waals surface area contributed by atoms with E-state index in [-0.39, 0.29) is 11.5 Å². The van der Waals surface area contributed by atoms with Crippen molar-refractivity contribution in [1.82, 2.24) is 9.55 Å². The largest absolute Gasteiger partial charge is 0.324 e. The van der Waals surface area contributed by atoms with Gasteiger partial charge in [-0.2, -0.15) is 0 Å². The van der Waals surface area contributed by atoms with Crippen molar-refractivity contribution in [3.05, 3.63) is 105 Å². The van der Waals surface area contributed by atoms with E-state index in [1.165, 1.54) is 22.2 Å². The summed E-state index contributed by atoms with van der Waals surface area (Å²) in [4.78, 5) is 32.1. The van der Waals surface area contributed by atoms with Crippen LogP contribution >= 0.6 is 22.9 Å². The lowest BCUT2D eigenvalue weighted by atomic mass is 10.0. The molecule has 0 bridgehead atoms. The maximum Gasteiger partial charge on any atom is 0.263 e. The standard InChI is InChI=1S/C29H24ClN3O2S/c1-3-25(27(34)32-24-15-22(30)14-9-18(24)2)33-17-31-28-26(29(33)35)23(16-36-28)21-12-10-20(11-13-21)19-7-5-4-6-8-19/h4-17,25H,3H2,1-2H3,(H,32,34). The molecule has 0 fully saturated rings. The first kappa shape index (κ1) is 24.0. The van der Waals surface area contributed by atoms with Crippen LogP contribution in [0.25, 0.3) is 32.5 Å². The molecule has 1 atom stereocenters. The summed E-state index contributed by atoms with van der Waals surface area (Å²) in [6.45, 7) is 3.77. The predicted octanol–water partition coefficient (Wildman–Crippen LogP) is 7.34. The predicted molar refractivity (Wildman–Crippen MR) is 149 cm³/mol. The number of thiophene rings is 1. The Morgan fingerprint density at radius 1 is 1.03 bits per heavy atom. The van der Waals surface area contributed by atoms with E-state index in [2.05, 4.69) is 34.6 Å². The molecule has 0 aliphatic rings. The smallest absolute Gasteiger partial charge is 0.263 e. The van der Waals surface area contributed by atoms with Gasteiger partial charge in [-0.1, -0.05) is 79.2 Å². The van der Waals surface area contributed by atoms with Crippen molar-refractivity contribution in [2.75, 3.05) is 5.32 Å². The SMILES string of the molecule is CCC(C(=O)Nc1cc(Cl)ccc1C)n1cnc2scc(-c3ccc(-c4ccccc4)cc3)c2c1=O. The summed E-state index contributed by atoms with van der Waals surface area (Å²) in [5, 5.41) is 5.95. The number of hydrogen-bond donors (Lipinski definition) is 1. The number of amides is 1. The van der Waals surface area contributed by atoms with Gasteiger partial charge < -0.3 is 5.32 Å². The molecular formula is C29H24ClN3O2S. The highest BCUT2D eigenvalue weighted by Crippen LogP contribution is 2.32. The zero-order chi connectivity index (χ0) is 25.2. The second kappa shape index (κ2) is 10.1. The Labute approximate surface area is 218 Å². The number of carbonyl (C=O) groups is 1. The average molecular weight is 514 g/mol. The van der Waals surface area contributed by atoms with Crippen LogP contribution in [0.15, 0.2) is 89.3 Å². The number of aryl methyl sites for hydroxylation is 1. The van der Waals surface area contributed by atoms with Gasteiger partial charge in [0, 0.05) is 21.7 Å². The fourth-order valence-electron chi connectivity index (χ4n) is 4.31. The molecule has 0 radical (unpaired) electrons. The van der Waals surface area contributed by atoms with E-state index in [1.807, 2.05) is 55.6 Å². The molecule has 1 unspecified atom stereocenters. The molecular weight excluding hydrogens is 490 g/mol. The van der Waals surface area contributed by atoms with Crippen LogP contribution in [-0.4, -0.2) is 15.5 Å². The number of aromatic nitrogens is 2. The molecule has 3 aromatic carbocycles. The van der Waals surface area contributed by atoms with Crippen molar-refractivity contribution in [3.8, 4) is 22.3 Å². The number of anilines is 1. The molecule has 0 saturated heterocycles. The van der Waals surface area contributed by atoms with Crippen LogP contribution in [0.4, 0.5) is 5.69 Å². The molecule has 5 aromatic rings. The lowest BCUT2D eigenvalue weighted by Gasteiger charge is -2.18. The molecule has 0 aliphatic carbocycles. The van der Waals surface area contributed by atoms with Gasteiger partial charge in [0.2, 0.25) is 5.91 Å². The molecule has 1 amide bonds. The van der Waals surface area contributed by atoms with Gasteiger partial charge in [0.05, 0.1) is 11.7 Å². The zero-order valence-electron chi connectivity index (χ0n) is 19.9. The van der Waals surface area contributed by atoms with Crippen molar-refractivity contribution < 1.29 is 4.79 Å². The molecule has 1 N–H and O–H groups in total. The first-order chi connectivity index (χ1) is 17.5. The first-order valence-electron chi connectivity index (χ1n) is 11.7. The maximum absolute atomic E-state index is 13.7. The van der Waals surface area contributed by atoms with Crippen molar-refractivity contribution >= 4 is 44.7 Å². The van der Waals surface area contributed by atoms with Crippen molar-refractivity contribution in [1.29, 1.82) is 0 Å². The number of rotatable bonds is 6. The first-order valence-corrected chi connectivity index (χ1v) is 12.9. The van der Waals surface area contributed by atoms with Gasteiger partial charge in [-0.25, -0.2) is 4.98 Å². The lowest BCUT2D eigenvalue weighted by Crippen LogP contribution is -2.33. The van der Waals surface area contributed by atoms with E-state index in [0.29, 0.717) is 27.3 Å². The topological polar surface area (TPSA) is 64.0 Å². The second-order valence-corrected chi connectivity index (χ2v) is 9.90. The van der Waals surface area contributed by atoms with Gasteiger partial charge in [0.25, 0.3) is 5.56 Å². The minimum atomic E-state index is -0.707. The van der Waals surface area contributed by atoms with Gasteiger partial charge in [0.1, 0.15) is 10.9 Å². The number of nitrogens with zero attached hydrogens (tertiary/aromatic N) is 2. The Balaban J connectivity index is 1.50. The summed E-state index contributed by atoms with van der Waals surface area (Å²) in [5.74, 6) is -0.282. The molecule has 5 nitrogen and oxygen atoms in total. The van der Waals surface area contributed by atoms with Crippen LogP contribution in [0.3, 0.4) is 0 Å². The minimum absolute atomic E-state index is 0.229.